The maximum atomic E-state index is 13.3. The highest BCUT2D eigenvalue weighted by Gasteiger charge is 2.21. The first kappa shape index (κ1) is 15.8. The summed E-state index contributed by atoms with van der Waals surface area (Å²) < 4.78 is 26.3. The molecule has 4 nitrogen and oxygen atoms in total. The van der Waals surface area contributed by atoms with Gasteiger partial charge < -0.3 is 4.98 Å². The molecule has 1 N–H and O–H groups in total. The molecule has 0 bridgehead atoms. The summed E-state index contributed by atoms with van der Waals surface area (Å²) >= 11 is 0. The van der Waals surface area contributed by atoms with Crippen molar-refractivity contribution in [2.75, 3.05) is 6.54 Å². The van der Waals surface area contributed by atoms with Crippen LogP contribution in [0.3, 0.4) is 0 Å². The molecular formula is C17H19F2N3O. The molecule has 0 saturated heterocycles. The van der Waals surface area contributed by atoms with Crippen molar-refractivity contribution in [3.63, 3.8) is 0 Å². The van der Waals surface area contributed by atoms with E-state index in [1.165, 1.54) is 6.07 Å². The summed E-state index contributed by atoms with van der Waals surface area (Å²) in [5.41, 5.74) is 2.14. The van der Waals surface area contributed by atoms with Crippen LogP contribution in [0.1, 0.15) is 36.0 Å². The number of fused-ring (bicyclic) bond motifs is 1. The van der Waals surface area contributed by atoms with E-state index in [0.717, 1.165) is 37.0 Å². The Bertz CT molecular complexity index is 773. The summed E-state index contributed by atoms with van der Waals surface area (Å²) in [7, 11) is 0. The van der Waals surface area contributed by atoms with Gasteiger partial charge in [-0.15, -0.1) is 0 Å². The molecular weight excluding hydrogens is 300 g/mol. The van der Waals surface area contributed by atoms with Gasteiger partial charge in [-0.2, -0.15) is 0 Å². The largest absolute Gasteiger partial charge is 0.310 e. The van der Waals surface area contributed by atoms with Gasteiger partial charge >= 0.3 is 0 Å². The van der Waals surface area contributed by atoms with Crippen molar-refractivity contribution >= 4 is 0 Å². The van der Waals surface area contributed by atoms with E-state index in [0.29, 0.717) is 30.6 Å². The van der Waals surface area contributed by atoms with Gasteiger partial charge in [0.1, 0.15) is 5.82 Å². The number of nitrogens with zero attached hydrogens (tertiary/aromatic N) is 2. The van der Waals surface area contributed by atoms with Crippen molar-refractivity contribution in [1.29, 1.82) is 0 Å². The second-order valence-electron chi connectivity index (χ2n) is 5.90. The van der Waals surface area contributed by atoms with Crippen LogP contribution in [0.25, 0.3) is 0 Å². The fourth-order valence-corrected chi connectivity index (χ4v) is 2.92. The van der Waals surface area contributed by atoms with Crippen LogP contribution in [-0.4, -0.2) is 21.4 Å². The zero-order valence-corrected chi connectivity index (χ0v) is 13.0. The molecule has 0 amide bonds. The summed E-state index contributed by atoms with van der Waals surface area (Å²) in [5.74, 6) is -0.948. The molecule has 2 aromatic rings. The van der Waals surface area contributed by atoms with Gasteiger partial charge in [0.25, 0.3) is 5.56 Å². The van der Waals surface area contributed by atoms with Crippen LogP contribution < -0.4 is 5.56 Å². The topological polar surface area (TPSA) is 49.0 Å². The van der Waals surface area contributed by atoms with Gasteiger partial charge in [0, 0.05) is 32.5 Å². The Morgan fingerprint density at radius 2 is 2.13 bits per heavy atom. The number of benzene rings is 1. The van der Waals surface area contributed by atoms with Crippen LogP contribution >= 0.6 is 0 Å². The number of H-pyrrole nitrogens is 1. The molecule has 0 aliphatic carbocycles. The monoisotopic (exact) mass is 319 g/mol. The lowest BCUT2D eigenvalue weighted by Gasteiger charge is -2.27. The van der Waals surface area contributed by atoms with Crippen LogP contribution in [-0.2, 0) is 25.9 Å². The molecule has 1 aromatic carbocycles. The molecule has 0 radical (unpaired) electrons. The van der Waals surface area contributed by atoms with Gasteiger partial charge in [-0.1, -0.05) is 13.0 Å². The van der Waals surface area contributed by atoms with Gasteiger partial charge in [-0.25, -0.2) is 13.8 Å². The highest BCUT2D eigenvalue weighted by molar-refractivity contribution is 5.22. The second kappa shape index (κ2) is 6.58. The van der Waals surface area contributed by atoms with E-state index in [4.69, 9.17) is 0 Å². The minimum Gasteiger partial charge on any atom is -0.310 e. The predicted octanol–water partition coefficient (Wildman–Crippen LogP) is 2.56. The van der Waals surface area contributed by atoms with Crippen molar-refractivity contribution in [2.24, 2.45) is 0 Å². The predicted molar refractivity (Wildman–Crippen MR) is 83.0 cm³/mol. The van der Waals surface area contributed by atoms with Crippen LogP contribution in [0, 0.1) is 11.6 Å². The zero-order chi connectivity index (χ0) is 16.4. The first-order chi connectivity index (χ1) is 11.1. The van der Waals surface area contributed by atoms with Crippen molar-refractivity contribution in [2.45, 2.75) is 39.3 Å². The van der Waals surface area contributed by atoms with Gasteiger partial charge in [-0.05, 0) is 24.1 Å². The Morgan fingerprint density at radius 1 is 1.30 bits per heavy atom. The van der Waals surface area contributed by atoms with Crippen molar-refractivity contribution < 1.29 is 8.78 Å². The molecule has 23 heavy (non-hydrogen) atoms. The van der Waals surface area contributed by atoms with Crippen LogP contribution in [0.4, 0.5) is 8.78 Å². The number of hydrogen-bond donors (Lipinski definition) is 1. The lowest BCUT2D eigenvalue weighted by molar-refractivity contribution is 0.241. The van der Waals surface area contributed by atoms with Crippen LogP contribution in [0.5, 0.6) is 0 Å². The number of hydrogen-bond acceptors (Lipinski definition) is 3. The number of aromatic amines is 1. The first-order valence-corrected chi connectivity index (χ1v) is 7.84. The van der Waals surface area contributed by atoms with E-state index >= 15 is 0 Å². The third-order valence-corrected chi connectivity index (χ3v) is 4.07. The fourth-order valence-electron chi connectivity index (χ4n) is 2.92. The molecule has 6 heteroatoms. The average molecular weight is 319 g/mol. The van der Waals surface area contributed by atoms with E-state index in [9.17, 15) is 13.6 Å². The minimum atomic E-state index is -0.846. The molecule has 1 aliphatic rings. The summed E-state index contributed by atoms with van der Waals surface area (Å²) in [4.78, 5) is 21.6. The van der Waals surface area contributed by atoms with Crippen LogP contribution in [0.15, 0.2) is 23.0 Å². The van der Waals surface area contributed by atoms with Gasteiger partial charge in [0.2, 0.25) is 0 Å². The maximum Gasteiger partial charge on any atom is 0.255 e. The molecule has 1 aliphatic heterocycles. The highest BCUT2D eigenvalue weighted by atomic mass is 19.2. The highest BCUT2D eigenvalue weighted by Crippen LogP contribution is 2.18. The Morgan fingerprint density at radius 3 is 2.87 bits per heavy atom. The number of halogens is 2. The second-order valence-corrected chi connectivity index (χ2v) is 5.90. The Balaban J connectivity index is 1.77. The maximum absolute atomic E-state index is 13.3. The molecule has 0 unspecified atom stereocenters. The molecule has 0 saturated carbocycles. The molecule has 3 rings (SSSR count). The van der Waals surface area contributed by atoms with Gasteiger partial charge in [0.15, 0.2) is 11.6 Å². The standard InChI is InChI=1S/C17H19F2N3O/c1-2-3-16-20-15-6-7-22(10-12(15)17(23)21-16)9-11-4-5-13(18)14(19)8-11/h4-5,8H,2-3,6-7,9-10H2,1H3,(H,20,21,23). The zero-order valence-electron chi connectivity index (χ0n) is 13.0. The van der Waals surface area contributed by atoms with E-state index < -0.39 is 11.6 Å². The molecule has 0 atom stereocenters. The summed E-state index contributed by atoms with van der Waals surface area (Å²) in [6.45, 7) is 3.74. The lowest BCUT2D eigenvalue weighted by atomic mass is 10.1. The summed E-state index contributed by atoms with van der Waals surface area (Å²) in [6.07, 6.45) is 2.39. The SMILES string of the molecule is CCCc1nc2c(c(=O)[nH]1)CN(Cc1ccc(F)c(F)c1)CC2. The van der Waals surface area contributed by atoms with Gasteiger partial charge in [0.05, 0.1) is 11.3 Å². The molecule has 1 aromatic heterocycles. The Kier molecular flexibility index (Phi) is 4.52. The van der Waals surface area contributed by atoms with E-state index in [1.54, 1.807) is 6.07 Å². The van der Waals surface area contributed by atoms with Crippen LogP contribution in [0.2, 0.25) is 0 Å². The van der Waals surface area contributed by atoms with Crippen molar-refractivity contribution in [3.8, 4) is 0 Å². The first-order valence-electron chi connectivity index (χ1n) is 7.84. The van der Waals surface area contributed by atoms with E-state index in [-0.39, 0.29) is 5.56 Å². The summed E-state index contributed by atoms with van der Waals surface area (Å²) in [6, 6.07) is 3.91. The third-order valence-electron chi connectivity index (χ3n) is 4.07. The lowest BCUT2D eigenvalue weighted by Crippen LogP contribution is -2.35. The van der Waals surface area contributed by atoms with Crippen molar-refractivity contribution in [1.82, 2.24) is 14.9 Å². The number of aromatic nitrogens is 2. The Labute approximate surface area is 133 Å². The Hall–Kier alpha value is -2.08. The third kappa shape index (κ3) is 3.47. The molecule has 0 fully saturated rings. The van der Waals surface area contributed by atoms with Crippen molar-refractivity contribution in [3.05, 3.63) is 62.8 Å². The quantitative estimate of drug-likeness (QED) is 0.942. The normalized spacial score (nSPS) is 14.7. The number of aryl methyl sites for hydroxylation is 1. The molecule has 2 heterocycles. The van der Waals surface area contributed by atoms with Gasteiger partial charge in [-0.3, -0.25) is 9.69 Å². The van der Waals surface area contributed by atoms with E-state index in [2.05, 4.69) is 9.97 Å². The fraction of sp³-hybridized carbons (Fsp3) is 0.412. The minimum absolute atomic E-state index is 0.0894. The smallest absolute Gasteiger partial charge is 0.255 e. The van der Waals surface area contributed by atoms with E-state index in [1.807, 2.05) is 11.8 Å². The summed E-state index contributed by atoms with van der Waals surface area (Å²) in [5, 5.41) is 0. The molecule has 122 valence electrons. The number of nitrogens with one attached hydrogen (secondary N) is 1. The number of rotatable bonds is 4. The average Bonchev–Trinajstić information content (AvgIpc) is 2.52. The molecule has 0 spiro atoms.